The van der Waals surface area contributed by atoms with Crippen molar-refractivity contribution in [2.45, 2.75) is 104 Å². The zero-order chi connectivity index (χ0) is 44.5. The third-order valence-corrected chi connectivity index (χ3v) is 16.0. The first-order chi connectivity index (χ1) is 30.5. The zero-order valence-electron chi connectivity index (χ0n) is 39.2. The fourth-order valence-electron chi connectivity index (χ4n) is 11.0. The summed E-state index contributed by atoms with van der Waals surface area (Å²) in [6.07, 6.45) is 2.36. The number of hydrogen-bond donors (Lipinski definition) is 0. The molecular weight excluding hydrogens is 792 g/mol. The van der Waals surface area contributed by atoms with Crippen molar-refractivity contribution in [2.24, 2.45) is 0 Å². The van der Waals surface area contributed by atoms with Crippen LogP contribution in [0.1, 0.15) is 104 Å². The molecule has 0 radical (unpaired) electrons. The van der Waals surface area contributed by atoms with Gasteiger partial charge < -0.3 is 9.71 Å². The van der Waals surface area contributed by atoms with Gasteiger partial charge in [0.25, 0.3) is 0 Å². The summed E-state index contributed by atoms with van der Waals surface area (Å²) < 4.78 is 2.69. The van der Waals surface area contributed by atoms with Crippen molar-refractivity contribution in [3.63, 3.8) is 0 Å². The summed E-state index contributed by atoms with van der Waals surface area (Å²) in [5.74, 6) is 0. The van der Waals surface area contributed by atoms with E-state index in [0.717, 1.165) is 0 Å². The summed E-state index contributed by atoms with van der Waals surface area (Å²) in [5, 5.41) is 1.30. The Bertz CT molecular complexity index is 3140. The van der Waals surface area contributed by atoms with E-state index in [-0.39, 0.29) is 28.5 Å². The highest BCUT2D eigenvalue weighted by atomic mass is 32.1. The molecule has 0 amide bonds. The molecule has 0 N–H and O–H groups in total. The molecule has 1 aliphatic carbocycles. The number of nitrogens with zero attached hydrogens (tertiary/aromatic N) is 2. The van der Waals surface area contributed by atoms with Crippen LogP contribution >= 0.6 is 11.3 Å². The standard InChI is InChI=1S/C60H59BN2S/c1-57(2,3)41-26-30-50(46(34-41)39-21-15-12-16-22-39)62-52-36-42(58(4,5)6)35-47-44-28-25-40(38-19-13-11-14-20-38)33-51(44)63(43-27-29-48-49(37-43)60(9,10)32-31-59(48,7)8)61(54(47)52)56-55(62)45-23-17-18-24-53(45)64-56/h11-30,33-37H,31-32H2,1-10H3. The van der Waals surface area contributed by atoms with Crippen LogP contribution in [0.2, 0.25) is 0 Å². The third-order valence-electron chi connectivity index (χ3n) is 14.8. The number of anilines is 5. The topological polar surface area (TPSA) is 6.48 Å². The van der Waals surface area contributed by atoms with Crippen LogP contribution in [0, 0.1) is 0 Å². The summed E-state index contributed by atoms with van der Waals surface area (Å²) in [5.41, 5.74) is 21.0. The van der Waals surface area contributed by atoms with Gasteiger partial charge in [-0.05, 0) is 127 Å². The van der Waals surface area contributed by atoms with E-state index in [1.165, 1.54) is 117 Å². The monoisotopic (exact) mass is 850 g/mol. The molecule has 0 saturated carbocycles. The SMILES string of the molecule is CC(C)(C)c1ccc(N2c3cc(C(C)(C)C)cc4c3B(c3sc5ccccc5c32)N(c2ccc3c(c2)C(C)(C)CCC3(C)C)c2cc(-c3ccccc3)ccc2-4)c(-c2ccccc2)c1. The van der Waals surface area contributed by atoms with E-state index in [4.69, 9.17) is 0 Å². The molecule has 3 heterocycles. The fourth-order valence-corrected chi connectivity index (χ4v) is 12.2. The van der Waals surface area contributed by atoms with Crippen LogP contribution in [0.5, 0.6) is 0 Å². The van der Waals surface area contributed by atoms with Gasteiger partial charge in [0, 0.05) is 43.1 Å². The molecule has 7 aromatic carbocycles. The molecule has 0 bridgehead atoms. The largest absolute Gasteiger partial charge is 0.376 e. The first-order valence-electron chi connectivity index (χ1n) is 23.3. The van der Waals surface area contributed by atoms with E-state index < -0.39 is 0 Å². The van der Waals surface area contributed by atoms with Gasteiger partial charge >= 0.3 is 6.85 Å². The predicted octanol–water partition coefficient (Wildman–Crippen LogP) is 15.9. The lowest BCUT2D eigenvalue weighted by molar-refractivity contribution is 0.332. The van der Waals surface area contributed by atoms with E-state index in [0.29, 0.717) is 0 Å². The number of benzene rings is 7. The minimum absolute atomic E-state index is 0.0118. The Labute approximate surface area is 385 Å². The van der Waals surface area contributed by atoms with Gasteiger partial charge in [-0.3, -0.25) is 0 Å². The van der Waals surface area contributed by atoms with Gasteiger partial charge in [-0.25, -0.2) is 0 Å². The molecule has 8 aromatic rings. The Morgan fingerprint density at radius 3 is 1.84 bits per heavy atom. The van der Waals surface area contributed by atoms with Crippen molar-refractivity contribution in [2.75, 3.05) is 9.71 Å². The second kappa shape index (κ2) is 14.3. The normalized spacial score (nSPS) is 16.0. The Balaban J connectivity index is 1.28. The van der Waals surface area contributed by atoms with Crippen LogP contribution in [0.4, 0.5) is 28.4 Å². The van der Waals surface area contributed by atoms with Crippen molar-refractivity contribution >= 4 is 66.9 Å². The number of fused-ring (bicyclic) bond motifs is 7. The molecule has 64 heavy (non-hydrogen) atoms. The van der Waals surface area contributed by atoms with Gasteiger partial charge in [0.05, 0.1) is 11.4 Å². The molecule has 318 valence electrons. The van der Waals surface area contributed by atoms with Crippen LogP contribution in [-0.4, -0.2) is 6.85 Å². The smallest absolute Gasteiger partial charge is 0.343 e. The first kappa shape index (κ1) is 40.9. The minimum atomic E-state index is -0.0970. The van der Waals surface area contributed by atoms with Crippen LogP contribution in [0.15, 0.2) is 152 Å². The summed E-state index contributed by atoms with van der Waals surface area (Å²) in [6, 6.07) is 58.3. The Morgan fingerprint density at radius 1 is 0.500 bits per heavy atom. The molecule has 0 saturated heterocycles. The van der Waals surface area contributed by atoms with E-state index in [1.54, 1.807) is 0 Å². The van der Waals surface area contributed by atoms with Crippen LogP contribution < -0.4 is 20.0 Å². The van der Waals surface area contributed by atoms with Crippen molar-refractivity contribution < 1.29 is 0 Å². The first-order valence-corrected chi connectivity index (χ1v) is 24.2. The number of rotatable bonds is 4. The molecule has 11 rings (SSSR count). The molecule has 4 heteroatoms. The molecule has 1 aromatic heterocycles. The predicted molar refractivity (Wildman–Crippen MR) is 279 cm³/mol. The molecule has 0 atom stereocenters. The Morgan fingerprint density at radius 2 is 1.14 bits per heavy atom. The number of thiophene rings is 1. The Hall–Kier alpha value is -5.84. The third kappa shape index (κ3) is 6.42. The van der Waals surface area contributed by atoms with Crippen molar-refractivity contribution in [3.05, 3.63) is 174 Å². The molecule has 0 fully saturated rings. The maximum atomic E-state index is 2.74. The number of hydrogen-bond acceptors (Lipinski definition) is 3. The summed E-state index contributed by atoms with van der Waals surface area (Å²) >= 11 is 1.97. The summed E-state index contributed by atoms with van der Waals surface area (Å²) in [4.78, 5) is 5.42. The fraction of sp³-hybridized carbons (Fsp3) is 0.267. The summed E-state index contributed by atoms with van der Waals surface area (Å²) in [7, 11) is 0. The second-order valence-corrected chi connectivity index (χ2v) is 23.2. The van der Waals surface area contributed by atoms with Gasteiger partial charge in [-0.1, -0.05) is 178 Å². The zero-order valence-corrected chi connectivity index (χ0v) is 40.0. The lowest BCUT2D eigenvalue weighted by atomic mass is 9.46. The van der Waals surface area contributed by atoms with Gasteiger partial charge in [0.1, 0.15) is 0 Å². The second-order valence-electron chi connectivity index (χ2n) is 22.1. The molecule has 0 unspecified atom stereocenters. The molecular formula is C60H59BN2S. The average Bonchev–Trinajstić information content (AvgIpc) is 3.67. The van der Waals surface area contributed by atoms with E-state index in [9.17, 15) is 0 Å². The van der Waals surface area contributed by atoms with Crippen molar-refractivity contribution in [1.82, 2.24) is 0 Å². The van der Waals surface area contributed by atoms with E-state index >= 15 is 0 Å². The molecule has 0 spiro atoms. The highest BCUT2D eigenvalue weighted by Gasteiger charge is 2.48. The molecule has 3 aliphatic rings. The lowest BCUT2D eigenvalue weighted by Crippen LogP contribution is -2.60. The lowest BCUT2D eigenvalue weighted by Gasteiger charge is -2.47. The quantitative estimate of drug-likeness (QED) is 0.163. The van der Waals surface area contributed by atoms with E-state index in [2.05, 4.69) is 231 Å². The molecule has 2 aliphatic heterocycles. The maximum absolute atomic E-state index is 2.74. The van der Waals surface area contributed by atoms with Gasteiger partial charge in [0.15, 0.2) is 0 Å². The highest BCUT2D eigenvalue weighted by Crippen LogP contribution is 2.54. The van der Waals surface area contributed by atoms with Crippen LogP contribution in [-0.2, 0) is 21.7 Å². The van der Waals surface area contributed by atoms with E-state index in [1.807, 2.05) is 11.3 Å². The molecule has 2 nitrogen and oxygen atoms in total. The van der Waals surface area contributed by atoms with Gasteiger partial charge in [-0.15, -0.1) is 11.3 Å². The Kier molecular flexibility index (Phi) is 9.16. The average molecular weight is 851 g/mol. The van der Waals surface area contributed by atoms with Gasteiger partial charge in [0.2, 0.25) is 0 Å². The van der Waals surface area contributed by atoms with Crippen LogP contribution in [0.3, 0.4) is 0 Å². The van der Waals surface area contributed by atoms with Crippen molar-refractivity contribution in [1.29, 1.82) is 0 Å². The highest BCUT2D eigenvalue weighted by molar-refractivity contribution is 7.32. The minimum Gasteiger partial charge on any atom is -0.376 e. The van der Waals surface area contributed by atoms with Gasteiger partial charge in [-0.2, -0.15) is 0 Å². The van der Waals surface area contributed by atoms with Crippen LogP contribution in [0.25, 0.3) is 43.5 Å². The van der Waals surface area contributed by atoms with Crippen molar-refractivity contribution in [3.8, 4) is 33.4 Å². The summed E-state index contributed by atoms with van der Waals surface area (Å²) in [6.45, 7) is 23.8. The maximum Gasteiger partial charge on any atom is 0.343 e.